The van der Waals surface area contributed by atoms with E-state index in [1.54, 1.807) is 30.5 Å². The van der Waals surface area contributed by atoms with Crippen LogP contribution in [0.5, 0.6) is 0 Å². The maximum Gasteiger partial charge on any atom is 0.0444 e. The van der Waals surface area contributed by atoms with Crippen molar-refractivity contribution >= 4 is 5.71 Å². The van der Waals surface area contributed by atoms with Gasteiger partial charge in [-0.15, -0.1) is 0 Å². The lowest BCUT2D eigenvalue weighted by atomic mass is 10.1. The van der Waals surface area contributed by atoms with Crippen molar-refractivity contribution < 1.29 is 0 Å². The van der Waals surface area contributed by atoms with Gasteiger partial charge >= 0.3 is 0 Å². The molecule has 0 aliphatic rings. The largest absolute Gasteiger partial charge is 0.261 e. The van der Waals surface area contributed by atoms with Crippen molar-refractivity contribution in [2.24, 2.45) is 4.99 Å². The van der Waals surface area contributed by atoms with Crippen LogP contribution in [0.15, 0.2) is 128 Å². The molecule has 0 spiro atoms. The van der Waals surface area contributed by atoms with Crippen LogP contribution in [-0.2, 0) is 0 Å². The first kappa shape index (κ1) is 20.1. The van der Waals surface area contributed by atoms with Crippen molar-refractivity contribution in [1.29, 1.82) is 0 Å². The minimum absolute atomic E-state index is 0.843. The van der Waals surface area contributed by atoms with E-state index in [-0.39, 0.29) is 0 Å². The number of nitrogens with zero attached hydrogens (tertiary/aromatic N) is 1. The maximum atomic E-state index is 4.44. The average molecular weight is 303 g/mol. The molecule has 0 saturated heterocycles. The van der Waals surface area contributed by atoms with Crippen LogP contribution in [0.1, 0.15) is 6.92 Å². The van der Waals surface area contributed by atoms with Gasteiger partial charge in [0, 0.05) is 11.9 Å². The third kappa shape index (κ3) is 8.84. The molecule has 0 rings (SSSR count). The second kappa shape index (κ2) is 12.8. The number of hydrogen-bond acceptors (Lipinski definition) is 1. The van der Waals surface area contributed by atoms with Gasteiger partial charge in [-0.3, -0.25) is 4.99 Å². The van der Waals surface area contributed by atoms with Crippen molar-refractivity contribution in [1.82, 2.24) is 0 Å². The van der Waals surface area contributed by atoms with Gasteiger partial charge in [0.15, 0.2) is 0 Å². The van der Waals surface area contributed by atoms with Gasteiger partial charge in [0.1, 0.15) is 0 Å². The van der Waals surface area contributed by atoms with Crippen LogP contribution in [-0.4, -0.2) is 5.71 Å². The summed E-state index contributed by atoms with van der Waals surface area (Å²) in [5.41, 5.74) is 3.65. The topological polar surface area (TPSA) is 12.4 Å². The fourth-order valence-electron chi connectivity index (χ4n) is 1.57. The van der Waals surface area contributed by atoms with Crippen molar-refractivity contribution in [2.45, 2.75) is 6.92 Å². The highest BCUT2D eigenvalue weighted by atomic mass is 14.7. The van der Waals surface area contributed by atoms with Crippen LogP contribution < -0.4 is 0 Å². The van der Waals surface area contributed by atoms with Crippen molar-refractivity contribution in [3.8, 4) is 0 Å². The number of aliphatic imine (C=N–C) groups is 1. The molecule has 0 aliphatic carbocycles. The minimum atomic E-state index is 0.843. The SMILES string of the molecule is C=CC=C(/C=C\C=C)/C(C)=N/C=C\C(=C)C(/C=C\C=C)=C/C=C. The molecular formula is C22H25N. The monoisotopic (exact) mass is 303 g/mol. The summed E-state index contributed by atoms with van der Waals surface area (Å²) in [4.78, 5) is 4.44. The molecule has 1 nitrogen and oxygen atoms in total. The molecule has 23 heavy (non-hydrogen) atoms. The fourth-order valence-corrected chi connectivity index (χ4v) is 1.57. The molecule has 0 N–H and O–H groups in total. The number of hydrogen-bond donors (Lipinski definition) is 0. The van der Waals surface area contributed by atoms with Gasteiger partial charge in [-0.1, -0.05) is 93.7 Å². The molecule has 0 aromatic rings. The molecule has 0 unspecified atom stereocenters. The first-order chi connectivity index (χ1) is 11.1. The lowest BCUT2D eigenvalue weighted by Crippen LogP contribution is -1.93. The fraction of sp³-hybridized carbons (Fsp3) is 0.0455. The standard InChI is InChI=1S/C22H25N/c1-7-11-15-21(13-9-3)19(5)17-18-23-20(6)22(14-10-4)16-12-8-2/h7-18H,1-5H2,6H3/b15-11-,16-12-,18-17-,21-13+,22-14?,23-20+. The minimum Gasteiger partial charge on any atom is -0.261 e. The summed E-state index contributed by atoms with van der Waals surface area (Å²) in [5, 5.41) is 0. The van der Waals surface area contributed by atoms with Gasteiger partial charge in [0.05, 0.1) is 0 Å². The zero-order valence-electron chi connectivity index (χ0n) is 13.9. The number of allylic oxidation sites excluding steroid dienone is 14. The summed E-state index contributed by atoms with van der Waals surface area (Å²) in [6.45, 7) is 20.7. The number of rotatable bonds is 10. The highest BCUT2D eigenvalue weighted by Crippen LogP contribution is 2.12. The summed E-state index contributed by atoms with van der Waals surface area (Å²) in [7, 11) is 0. The van der Waals surface area contributed by atoms with Crippen LogP contribution in [0, 0.1) is 0 Å². The Labute approximate surface area is 140 Å². The lowest BCUT2D eigenvalue weighted by Gasteiger charge is -2.01. The Kier molecular flexibility index (Phi) is 11.2. The first-order valence-electron chi connectivity index (χ1n) is 7.25. The van der Waals surface area contributed by atoms with E-state index in [1.165, 1.54) is 0 Å². The molecular weight excluding hydrogens is 278 g/mol. The van der Waals surface area contributed by atoms with Gasteiger partial charge in [0.25, 0.3) is 0 Å². The quantitative estimate of drug-likeness (QED) is 0.335. The Balaban J connectivity index is 5.23. The molecule has 0 aromatic carbocycles. The third-order valence-electron chi connectivity index (χ3n) is 2.75. The van der Waals surface area contributed by atoms with Crippen molar-refractivity contribution in [3.63, 3.8) is 0 Å². The van der Waals surface area contributed by atoms with E-state index in [2.05, 4.69) is 37.9 Å². The smallest absolute Gasteiger partial charge is 0.0444 e. The molecule has 0 amide bonds. The van der Waals surface area contributed by atoms with E-state index >= 15 is 0 Å². The van der Waals surface area contributed by atoms with Crippen LogP contribution in [0.25, 0.3) is 0 Å². The molecule has 118 valence electrons. The molecule has 0 radical (unpaired) electrons. The van der Waals surface area contributed by atoms with Gasteiger partial charge in [-0.2, -0.15) is 0 Å². The normalized spacial score (nSPS) is 13.7. The van der Waals surface area contributed by atoms with Crippen molar-refractivity contribution in [2.75, 3.05) is 0 Å². The van der Waals surface area contributed by atoms with E-state index in [1.807, 2.05) is 49.5 Å². The van der Waals surface area contributed by atoms with Gasteiger partial charge in [-0.25, -0.2) is 0 Å². The van der Waals surface area contributed by atoms with Gasteiger partial charge < -0.3 is 0 Å². The summed E-state index contributed by atoms with van der Waals surface area (Å²) in [6, 6.07) is 0. The average Bonchev–Trinajstić information content (AvgIpc) is 2.54. The third-order valence-corrected chi connectivity index (χ3v) is 2.75. The van der Waals surface area contributed by atoms with Crippen LogP contribution in [0.2, 0.25) is 0 Å². The molecule has 0 atom stereocenters. The molecule has 0 fully saturated rings. The van der Waals surface area contributed by atoms with E-state index in [9.17, 15) is 0 Å². The summed E-state index contributed by atoms with van der Waals surface area (Å²) < 4.78 is 0. The molecule has 0 heterocycles. The second-order valence-corrected chi connectivity index (χ2v) is 4.46. The highest BCUT2D eigenvalue weighted by molar-refractivity contribution is 6.01. The molecule has 1 heteroatoms. The summed E-state index contributed by atoms with van der Waals surface area (Å²) >= 11 is 0. The Hall–Kier alpha value is -2.93. The first-order valence-corrected chi connectivity index (χ1v) is 7.25. The van der Waals surface area contributed by atoms with Crippen LogP contribution in [0.4, 0.5) is 0 Å². The zero-order valence-corrected chi connectivity index (χ0v) is 13.9. The Morgan fingerprint density at radius 2 is 1.26 bits per heavy atom. The van der Waals surface area contributed by atoms with Gasteiger partial charge in [-0.05, 0) is 29.7 Å². The predicted molar refractivity (Wildman–Crippen MR) is 107 cm³/mol. The summed E-state index contributed by atoms with van der Waals surface area (Å²) in [6.07, 6.45) is 21.8. The molecule has 0 aromatic heterocycles. The predicted octanol–water partition coefficient (Wildman–Crippen LogP) is 6.23. The van der Waals surface area contributed by atoms with Crippen LogP contribution >= 0.6 is 0 Å². The van der Waals surface area contributed by atoms with E-state index in [0.717, 1.165) is 22.4 Å². The highest BCUT2D eigenvalue weighted by Gasteiger charge is 1.96. The molecule has 0 aliphatic heterocycles. The maximum absolute atomic E-state index is 4.44. The second-order valence-electron chi connectivity index (χ2n) is 4.46. The Morgan fingerprint density at radius 1 is 0.739 bits per heavy atom. The molecule has 0 saturated carbocycles. The molecule has 0 bridgehead atoms. The van der Waals surface area contributed by atoms with Crippen LogP contribution in [0.3, 0.4) is 0 Å². The van der Waals surface area contributed by atoms with E-state index in [0.29, 0.717) is 0 Å². The van der Waals surface area contributed by atoms with Crippen molar-refractivity contribution in [3.05, 3.63) is 123 Å². The Bertz CT molecular complexity index is 629. The zero-order chi connectivity index (χ0) is 17.5. The summed E-state index contributed by atoms with van der Waals surface area (Å²) in [5.74, 6) is 0. The lowest BCUT2D eigenvalue weighted by molar-refractivity contribution is 1.47. The Morgan fingerprint density at radius 3 is 1.78 bits per heavy atom. The van der Waals surface area contributed by atoms with E-state index in [4.69, 9.17) is 0 Å². The van der Waals surface area contributed by atoms with Gasteiger partial charge in [0.2, 0.25) is 0 Å². The van der Waals surface area contributed by atoms with E-state index < -0.39 is 0 Å².